The Kier molecular flexibility index (Phi) is 4.56. The van der Waals surface area contributed by atoms with E-state index in [1.54, 1.807) is 0 Å². The van der Waals surface area contributed by atoms with Gasteiger partial charge in [0.25, 0.3) is 0 Å². The molecule has 1 aliphatic carbocycles. The molecule has 0 radical (unpaired) electrons. The third-order valence-electron chi connectivity index (χ3n) is 3.04. The maximum absolute atomic E-state index is 8.84. The molecule has 0 aliphatic heterocycles. The van der Waals surface area contributed by atoms with Gasteiger partial charge in [-0.05, 0) is 39.2 Å². The van der Waals surface area contributed by atoms with Gasteiger partial charge in [0, 0.05) is 12.6 Å². The van der Waals surface area contributed by atoms with Crippen molar-refractivity contribution in [2.75, 3.05) is 13.1 Å². The largest absolute Gasteiger partial charge is 0.314 e. The van der Waals surface area contributed by atoms with E-state index in [0.29, 0.717) is 0 Å². The zero-order valence-electron chi connectivity index (χ0n) is 10.00. The van der Waals surface area contributed by atoms with Gasteiger partial charge in [0.2, 0.25) is 0 Å². The summed E-state index contributed by atoms with van der Waals surface area (Å²) in [5, 5.41) is 8.84. The zero-order valence-corrected chi connectivity index (χ0v) is 10.00. The Balaban J connectivity index is 2.29. The van der Waals surface area contributed by atoms with Gasteiger partial charge in [-0.25, -0.2) is 0 Å². The van der Waals surface area contributed by atoms with Crippen LogP contribution >= 0.6 is 0 Å². The second kappa shape index (κ2) is 5.48. The van der Waals surface area contributed by atoms with Crippen molar-refractivity contribution in [3.05, 3.63) is 0 Å². The SMILES string of the molecule is CCCCN(CCC(C)(N)C#N)C1CC1. The van der Waals surface area contributed by atoms with E-state index in [1.807, 2.05) is 6.92 Å². The summed E-state index contributed by atoms with van der Waals surface area (Å²) in [4.78, 5) is 2.51. The van der Waals surface area contributed by atoms with Crippen LogP contribution in [0.1, 0.15) is 46.0 Å². The molecule has 3 heteroatoms. The molecule has 0 saturated heterocycles. The van der Waals surface area contributed by atoms with E-state index in [4.69, 9.17) is 11.0 Å². The summed E-state index contributed by atoms with van der Waals surface area (Å²) in [6.07, 6.45) is 5.94. The fourth-order valence-corrected chi connectivity index (χ4v) is 1.71. The Labute approximate surface area is 93.2 Å². The summed E-state index contributed by atoms with van der Waals surface area (Å²) in [7, 11) is 0. The number of rotatable bonds is 7. The van der Waals surface area contributed by atoms with Crippen LogP contribution < -0.4 is 5.73 Å². The molecule has 0 amide bonds. The molecule has 0 aromatic carbocycles. The Bertz CT molecular complexity index is 226. The monoisotopic (exact) mass is 209 g/mol. The van der Waals surface area contributed by atoms with Crippen LogP contribution in [-0.2, 0) is 0 Å². The van der Waals surface area contributed by atoms with E-state index in [0.717, 1.165) is 19.0 Å². The lowest BCUT2D eigenvalue weighted by atomic mass is 10.0. The third kappa shape index (κ3) is 4.63. The Morgan fingerprint density at radius 2 is 2.13 bits per heavy atom. The molecular weight excluding hydrogens is 186 g/mol. The van der Waals surface area contributed by atoms with Crippen LogP contribution in [0.15, 0.2) is 0 Å². The molecule has 86 valence electrons. The molecule has 1 atom stereocenters. The molecule has 2 N–H and O–H groups in total. The Morgan fingerprint density at radius 1 is 1.47 bits per heavy atom. The summed E-state index contributed by atoms with van der Waals surface area (Å²) < 4.78 is 0. The van der Waals surface area contributed by atoms with Gasteiger partial charge in [-0.15, -0.1) is 0 Å². The predicted octanol–water partition coefficient (Wildman–Crippen LogP) is 1.88. The van der Waals surface area contributed by atoms with Crippen molar-refractivity contribution in [1.82, 2.24) is 4.90 Å². The summed E-state index contributed by atoms with van der Waals surface area (Å²) in [5.41, 5.74) is 5.17. The normalized spacial score (nSPS) is 19.9. The fraction of sp³-hybridized carbons (Fsp3) is 0.917. The molecule has 1 unspecified atom stereocenters. The van der Waals surface area contributed by atoms with Crippen molar-refractivity contribution >= 4 is 0 Å². The van der Waals surface area contributed by atoms with E-state index < -0.39 is 5.54 Å². The lowest BCUT2D eigenvalue weighted by Gasteiger charge is -2.25. The summed E-state index contributed by atoms with van der Waals surface area (Å²) in [6.45, 7) is 6.18. The smallest absolute Gasteiger partial charge is 0.102 e. The van der Waals surface area contributed by atoms with Gasteiger partial charge in [0.15, 0.2) is 0 Å². The number of hydrogen-bond donors (Lipinski definition) is 1. The molecule has 0 bridgehead atoms. The topological polar surface area (TPSA) is 53.0 Å². The number of hydrogen-bond acceptors (Lipinski definition) is 3. The highest BCUT2D eigenvalue weighted by molar-refractivity contribution is 5.01. The van der Waals surface area contributed by atoms with Crippen LogP contribution in [0.2, 0.25) is 0 Å². The van der Waals surface area contributed by atoms with E-state index in [2.05, 4.69) is 17.9 Å². The molecule has 1 rings (SSSR count). The molecule has 1 saturated carbocycles. The maximum Gasteiger partial charge on any atom is 0.102 e. The quantitative estimate of drug-likeness (QED) is 0.696. The fourth-order valence-electron chi connectivity index (χ4n) is 1.71. The first-order valence-electron chi connectivity index (χ1n) is 6.03. The minimum Gasteiger partial charge on any atom is -0.314 e. The molecular formula is C12H23N3. The minimum atomic E-state index is -0.653. The van der Waals surface area contributed by atoms with Crippen LogP contribution in [0.3, 0.4) is 0 Å². The summed E-state index contributed by atoms with van der Waals surface area (Å²) in [5.74, 6) is 0. The number of unbranched alkanes of at least 4 members (excludes halogenated alkanes) is 1. The van der Waals surface area contributed by atoms with Crippen LogP contribution in [0, 0.1) is 11.3 Å². The van der Waals surface area contributed by atoms with Crippen LogP contribution in [-0.4, -0.2) is 29.6 Å². The van der Waals surface area contributed by atoms with Gasteiger partial charge in [0.05, 0.1) is 6.07 Å². The van der Waals surface area contributed by atoms with Crippen molar-refractivity contribution in [3.8, 4) is 6.07 Å². The number of nitrogens with zero attached hydrogens (tertiary/aromatic N) is 2. The highest BCUT2D eigenvalue weighted by atomic mass is 15.2. The lowest BCUT2D eigenvalue weighted by Crippen LogP contribution is -2.39. The van der Waals surface area contributed by atoms with E-state index in [1.165, 1.54) is 32.2 Å². The van der Waals surface area contributed by atoms with Crippen molar-refractivity contribution in [2.24, 2.45) is 5.73 Å². The Hall–Kier alpha value is -0.590. The summed E-state index contributed by atoms with van der Waals surface area (Å²) >= 11 is 0. The first kappa shape index (κ1) is 12.5. The first-order chi connectivity index (χ1) is 7.09. The van der Waals surface area contributed by atoms with Crippen molar-refractivity contribution in [1.29, 1.82) is 5.26 Å². The molecule has 15 heavy (non-hydrogen) atoms. The van der Waals surface area contributed by atoms with Gasteiger partial charge in [-0.2, -0.15) is 5.26 Å². The maximum atomic E-state index is 8.84. The average Bonchev–Trinajstić information content (AvgIpc) is 3.02. The molecule has 0 spiro atoms. The number of nitriles is 1. The second-order valence-corrected chi connectivity index (χ2v) is 4.90. The standard InChI is InChI=1S/C12H23N3/c1-3-4-8-15(11-5-6-11)9-7-12(2,14)10-13/h11H,3-9,14H2,1-2H3. The highest BCUT2D eigenvalue weighted by Gasteiger charge is 2.29. The van der Waals surface area contributed by atoms with E-state index in [-0.39, 0.29) is 0 Å². The third-order valence-corrected chi connectivity index (χ3v) is 3.04. The number of nitrogens with two attached hydrogens (primary N) is 1. The van der Waals surface area contributed by atoms with Crippen molar-refractivity contribution < 1.29 is 0 Å². The second-order valence-electron chi connectivity index (χ2n) is 4.90. The molecule has 0 heterocycles. The molecule has 0 aromatic rings. The van der Waals surface area contributed by atoms with E-state index in [9.17, 15) is 0 Å². The van der Waals surface area contributed by atoms with Gasteiger partial charge in [-0.3, -0.25) is 0 Å². The minimum absolute atomic E-state index is 0.653. The van der Waals surface area contributed by atoms with Gasteiger partial charge < -0.3 is 10.6 Å². The van der Waals surface area contributed by atoms with Crippen LogP contribution in [0.25, 0.3) is 0 Å². The van der Waals surface area contributed by atoms with Gasteiger partial charge in [-0.1, -0.05) is 13.3 Å². The van der Waals surface area contributed by atoms with Crippen molar-refractivity contribution in [3.63, 3.8) is 0 Å². The highest BCUT2D eigenvalue weighted by Crippen LogP contribution is 2.27. The molecule has 0 aromatic heterocycles. The Morgan fingerprint density at radius 3 is 2.60 bits per heavy atom. The lowest BCUT2D eigenvalue weighted by molar-refractivity contribution is 0.242. The summed E-state index contributed by atoms with van der Waals surface area (Å²) in [6, 6.07) is 2.95. The molecule has 1 fully saturated rings. The van der Waals surface area contributed by atoms with Crippen LogP contribution in [0.5, 0.6) is 0 Å². The van der Waals surface area contributed by atoms with E-state index >= 15 is 0 Å². The average molecular weight is 209 g/mol. The first-order valence-corrected chi connectivity index (χ1v) is 6.03. The van der Waals surface area contributed by atoms with Crippen LogP contribution in [0.4, 0.5) is 0 Å². The molecule has 3 nitrogen and oxygen atoms in total. The predicted molar refractivity (Wildman–Crippen MR) is 62.3 cm³/mol. The van der Waals surface area contributed by atoms with Gasteiger partial charge in [0.1, 0.15) is 5.54 Å². The molecule has 1 aliphatic rings. The van der Waals surface area contributed by atoms with Crippen molar-refractivity contribution in [2.45, 2.75) is 57.5 Å². The zero-order chi connectivity index (χ0) is 11.3. The van der Waals surface area contributed by atoms with Gasteiger partial charge >= 0.3 is 0 Å².